The molecular formula is C20H20BrN5O2. The summed E-state index contributed by atoms with van der Waals surface area (Å²) in [5, 5.41) is 17.4. The van der Waals surface area contributed by atoms with Crippen LogP contribution < -0.4 is 16.4 Å². The van der Waals surface area contributed by atoms with E-state index in [1.165, 1.54) is 12.1 Å². The number of nitrogens with zero attached hydrogens (tertiary/aromatic N) is 2. The maximum absolute atomic E-state index is 13.2. The maximum Gasteiger partial charge on any atom is 0.277 e. The molecule has 28 heavy (non-hydrogen) atoms. The Morgan fingerprint density at radius 2 is 1.89 bits per heavy atom. The van der Waals surface area contributed by atoms with Crippen molar-refractivity contribution in [3.05, 3.63) is 63.8 Å². The molecule has 1 amide bonds. The number of piperidine rings is 1. The zero-order valence-electron chi connectivity index (χ0n) is 15.2. The molecule has 0 bridgehead atoms. The second-order valence-electron chi connectivity index (χ2n) is 6.42. The number of allylic oxidation sites excluding steroid dienone is 1. The second kappa shape index (κ2) is 7.85. The van der Waals surface area contributed by atoms with Crippen molar-refractivity contribution in [2.45, 2.75) is 13.3 Å². The van der Waals surface area contributed by atoms with Gasteiger partial charge in [0, 0.05) is 28.0 Å². The molecule has 0 aliphatic carbocycles. The van der Waals surface area contributed by atoms with E-state index in [-0.39, 0.29) is 28.8 Å². The standard InChI is InChI=1S/C20H20BrN5O2/c1-11(22)15-8-9-26(14-5-2-12(21)3-6-14)20(28)18(15)25-13-4-7-17(27)16(10-13)19(23)24/h2-7,10,27H,8-9,22H2,1H3,(H3,23,24). The number of hydrogen-bond donors (Lipinski definition) is 4. The Kier molecular flexibility index (Phi) is 5.51. The quantitative estimate of drug-likeness (QED) is 0.430. The molecule has 2 aromatic rings. The molecule has 0 radical (unpaired) electrons. The summed E-state index contributed by atoms with van der Waals surface area (Å²) < 4.78 is 0.925. The van der Waals surface area contributed by atoms with Gasteiger partial charge in [-0.2, -0.15) is 0 Å². The van der Waals surface area contributed by atoms with E-state index in [9.17, 15) is 9.90 Å². The van der Waals surface area contributed by atoms with Gasteiger partial charge in [-0.05, 0) is 55.8 Å². The predicted octanol–water partition coefficient (Wildman–Crippen LogP) is 3.18. The number of amidine groups is 1. The SMILES string of the molecule is CC(N)=C1CCN(c2ccc(Br)cc2)C(=O)C1=Nc1ccc(O)c(C(=N)N)c1. The Morgan fingerprint density at radius 3 is 2.50 bits per heavy atom. The Balaban J connectivity index is 2.06. The van der Waals surface area contributed by atoms with E-state index in [2.05, 4.69) is 20.9 Å². The lowest BCUT2D eigenvalue weighted by Gasteiger charge is -2.30. The van der Waals surface area contributed by atoms with Gasteiger partial charge in [-0.15, -0.1) is 0 Å². The highest BCUT2D eigenvalue weighted by Gasteiger charge is 2.30. The monoisotopic (exact) mass is 441 g/mol. The smallest absolute Gasteiger partial charge is 0.277 e. The van der Waals surface area contributed by atoms with Crippen molar-refractivity contribution in [2.75, 3.05) is 11.4 Å². The number of carbonyl (C=O) groups is 1. The fourth-order valence-electron chi connectivity index (χ4n) is 3.01. The molecule has 3 rings (SSSR count). The zero-order valence-corrected chi connectivity index (χ0v) is 16.8. The molecule has 0 aromatic heterocycles. The number of anilines is 1. The molecule has 0 atom stereocenters. The van der Waals surface area contributed by atoms with E-state index in [0.717, 1.165) is 10.2 Å². The first-order chi connectivity index (χ1) is 13.3. The number of hydrogen-bond acceptors (Lipinski definition) is 5. The fraction of sp³-hybridized carbons (Fsp3) is 0.150. The second-order valence-corrected chi connectivity index (χ2v) is 7.34. The van der Waals surface area contributed by atoms with Crippen LogP contribution >= 0.6 is 15.9 Å². The number of phenols is 1. The minimum Gasteiger partial charge on any atom is -0.507 e. The molecule has 144 valence electrons. The van der Waals surface area contributed by atoms with Gasteiger partial charge in [-0.1, -0.05) is 15.9 Å². The number of rotatable bonds is 3. The number of nitrogens with two attached hydrogens (primary N) is 2. The number of nitrogens with one attached hydrogen (secondary N) is 1. The molecule has 1 aliphatic heterocycles. The van der Waals surface area contributed by atoms with Gasteiger partial charge in [0.25, 0.3) is 5.91 Å². The summed E-state index contributed by atoms with van der Waals surface area (Å²) in [4.78, 5) is 19.3. The summed E-state index contributed by atoms with van der Waals surface area (Å²) in [6, 6.07) is 11.9. The summed E-state index contributed by atoms with van der Waals surface area (Å²) in [6.45, 7) is 2.24. The van der Waals surface area contributed by atoms with E-state index in [0.29, 0.717) is 29.9 Å². The van der Waals surface area contributed by atoms with Crippen LogP contribution in [0.5, 0.6) is 5.75 Å². The summed E-state index contributed by atoms with van der Waals surface area (Å²) in [5.41, 5.74) is 14.3. The third kappa shape index (κ3) is 3.91. The predicted molar refractivity (Wildman–Crippen MR) is 114 cm³/mol. The van der Waals surface area contributed by atoms with Crippen LogP contribution in [-0.2, 0) is 4.79 Å². The van der Waals surface area contributed by atoms with Crippen LogP contribution in [0.15, 0.2) is 63.2 Å². The number of nitrogen functional groups attached to an aromatic ring is 1. The summed E-state index contributed by atoms with van der Waals surface area (Å²) >= 11 is 3.39. The first kappa shape index (κ1) is 19.6. The lowest BCUT2D eigenvalue weighted by atomic mass is 9.98. The first-order valence-electron chi connectivity index (χ1n) is 8.57. The molecule has 1 saturated heterocycles. The number of benzene rings is 2. The number of amides is 1. The molecule has 1 aliphatic rings. The highest BCUT2D eigenvalue weighted by molar-refractivity contribution is 9.10. The average molecular weight is 442 g/mol. The van der Waals surface area contributed by atoms with Crippen LogP contribution in [0.25, 0.3) is 0 Å². The number of phenolic OH excluding ortho intramolecular Hbond substituents is 1. The maximum atomic E-state index is 13.2. The zero-order chi connectivity index (χ0) is 20.4. The Hall–Kier alpha value is -3.13. The normalized spacial score (nSPS) is 17.7. The van der Waals surface area contributed by atoms with E-state index in [1.54, 1.807) is 17.9 Å². The fourth-order valence-corrected chi connectivity index (χ4v) is 3.27. The molecule has 1 fully saturated rings. The van der Waals surface area contributed by atoms with E-state index in [4.69, 9.17) is 16.9 Å². The molecule has 7 nitrogen and oxygen atoms in total. The molecule has 1 heterocycles. The molecule has 8 heteroatoms. The number of halogens is 1. The first-order valence-corrected chi connectivity index (χ1v) is 9.36. The van der Waals surface area contributed by atoms with Crippen LogP contribution in [0.3, 0.4) is 0 Å². The third-order valence-corrected chi connectivity index (χ3v) is 4.97. The minimum atomic E-state index is -0.281. The highest BCUT2D eigenvalue weighted by Crippen LogP contribution is 2.28. The molecule has 0 unspecified atom stereocenters. The summed E-state index contributed by atoms with van der Waals surface area (Å²) in [6.07, 6.45) is 0.570. The number of aliphatic imine (C=N–C) groups is 1. The van der Waals surface area contributed by atoms with E-state index >= 15 is 0 Å². The molecule has 2 aromatic carbocycles. The van der Waals surface area contributed by atoms with Crippen molar-refractivity contribution in [3.8, 4) is 5.75 Å². The third-order valence-electron chi connectivity index (χ3n) is 4.44. The molecular weight excluding hydrogens is 422 g/mol. The largest absolute Gasteiger partial charge is 0.507 e. The number of aromatic hydroxyl groups is 1. The van der Waals surface area contributed by atoms with Gasteiger partial charge < -0.3 is 21.5 Å². The molecule has 0 saturated carbocycles. The molecule has 6 N–H and O–H groups in total. The average Bonchev–Trinajstić information content (AvgIpc) is 2.65. The van der Waals surface area contributed by atoms with Crippen molar-refractivity contribution in [1.29, 1.82) is 5.41 Å². The van der Waals surface area contributed by atoms with Crippen molar-refractivity contribution in [2.24, 2.45) is 16.5 Å². The highest BCUT2D eigenvalue weighted by atomic mass is 79.9. The van der Waals surface area contributed by atoms with Gasteiger partial charge in [0.2, 0.25) is 0 Å². The summed E-state index contributed by atoms with van der Waals surface area (Å²) in [5.74, 6) is -0.656. The van der Waals surface area contributed by atoms with Gasteiger partial charge in [-0.3, -0.25) is 10.2 Å². The Morgan fingerprint density at radius 1 is 1.21 bits per heavy atom. The van der Waals surface area contributed by atoms with E-state index in [1.807, 2.05) is 24.3 Å². The Bertz CT molecular complexity index is 1010. The van der Waals surface area contributed by atoms with Crippen molar-refractivity contribution in [3.63, 3.8) is 0 Å². The van der Waals surface area contributed by atoms with Gasteiger partial charge in [0.15, 0.2) is 0 Å². The van der Waals surface area contributed by atoms with Crippen molar-refractivity contribution >= 4 is 44.8 Å². The van der Waals surface area contributed by atoms with Gasteiger partial charge in [0.1, 0.15) is 17.3 Å². The van der Waals surface area contributed by atoms with Gasteiger partial charge >= 0.3 is 0 Å². The number of carbonyl (C=O) groups excluding carboxylic acids is 1. The Labute approximate surface area is 171 Å². The topological polar surface area (TPSA) is 129 Å². The lowest BCUT2D eigenvalue weighted by molar-refractivity contribution is -0.112. The van der Waals surface area contributed by atoms with Crippen LogP contribution in [0.4, 0.5) is 11.4 Å². The minimum absolute atomic E-state index is 0.117. The van der Waals surface area contributed by atoms with Crippen molar-refractivity contribution in [1.82, 2.24) is 0 Å². The van der Waals surface area contributed by atoms with Crippen molar-refractivity contribution < 1.29 is 9.90 Å². The van der Waals surface area contributed by atoms with E-state index < -0.39 is 0 Å². The van der Waals surface area contributed by atoms with Crippen LogP contribution in [0.1, 0.15) is 18.9 Å². The molecule has 0 spiro atoms. The summed E-state index contributed by atoms with van der Waals surface area (Å²) in [7, 11) is 0. The van der Waals surface area contributed by atoms with Gasteiger partial charge in [0.05, 0.1) is 11.3 Å². The van der Waals surface area contributed by atoms with Crippen LogP contribution in [0.2, 0.25) is 0 Å². The van der Waals surface area contributed by atoms with Crippen LogP contribution in [0, 0.1) is 5.41 Å². The lowest BCUT2D eigenvalue weighted by Crippen LogP contribution is -2.43. The van der Waals surface area contributed by atoms with Crippen LogP contribution in [-0.4, -0.2) is 29.1 Å². The van der Waals surface area contributed by atoms with Gasteiger partial charge in [-0.25, -0.2) is 4.99 Å².